The van der Waals surface area contributed by atoms with Crippen LogP contribution in [0.25, 0.3) is 0 Å². The van der Waals surface area contributed by atoms with Gasteiger partial charge >= 0.3 is 0 Å². The minimum Gasteiger partial charge on any atom is -0.299 e. The van der Waals surface area contributed by atoms with Gasteiger partial charge in [0.15, 0.2) is 9.84 Å². The smallest absolute Gasteiger partial charge is 0.243 e. The second kappa shape index (κ2) is 6.90. The number of hydrogen-bond acceptors (Lipinski definition) is 5. The van der Waals surface area contributed by atoms with Gasteiger partial charge in [-0.05, 0) is 44.5 Å². The highest BCUT2D eigenvalue weighted by molar-refractivity contribution is 7.91. The molecule has 0 spiro atoms. The molecule has 1 N–H and O–H groups in total. The van der Waals surface area contributed by atoms with E-state index in [-0.39, 0.29) is 23.6 Å². The first-order chi connectivity index (χ1) is 11.7. The van der Waals surface area contributed by atoms with Gasteiger partial charge in [-0.2, -0.15) is 0 Å². The molecule has 1 aromatic carbocycles. The third-order valence-corrected chi connectivity index (χ3v) is 8.06. The van der Waals surface area contributed by atoms with E-state index in [1.54, 1.807) is 0 Å². The molecule has 1 aromatic rings. The number of rotatable bonds is 4. The van der Waals surface area contributed by atoms with Crippen LogP contribution in [-0.4, -0.2) is 58.4 Å². The van der Waals surface area contributed by atoms with E-state index in [9.17, 15) is 25.6 Å². The van der Waals surface area contributed by atoms with Gasteiger partial charge in [0.1, 0.15) is 16.5 Å². The highest BCUT2D eigenvalue weighted by Gasteiger charge is 2.35. The highest BCUT2D eigenvalue weighted by Crippen LogP contribution is 2.23. The molecule has 2 aliphatic heterocycles. The lowest BCUT2D eigenvalue weighted by atomic mass is 10.0. The van der Waals surface area contributed by atoms with E-state index in [4.69, 9.17) is 0 Å². The number of likely N-dealkylation sites (tertiary alicyclic amines) is 1. The number of hydrogen-bond donors (Lipinski definition) is 1. The molecule has 0 aliphatic carbocycles. The van der Waals surface area contributed by atoms with Crippen LogP contribution in [0.2, 0.25) is 0 Å². The van der Waals surface area contributed by atoms with Gasteiger partial charge in [-0.3, -0.25) is 4.90 Å². The zero-order valence-electron chi connectivity index (χ0n) is 13.5. The van der Waals surface area contributed by atoms with Crippen molar-refractivity contribution in [3.05, 3.63) is 29.8 Å². The van der Waals surface area contributed by atoms with Gasteiger partial charge in [0.05, 0.1) is 11.5 Å². The van der Waals surface area contributed by atoms with E-state index in [2.05, 4.69) is 9.62 Å². The SMILES string of the molecule is O=S1(=O)CC[C@H](N2CCC(NS(=O)(=O)c3ccc(F)cc3F)CC2)C1. The fourth-order valence-corrected chi connectivity index (χ4v) is 6.55. The Bertz CT molecular complexity index is 850. The van der Waals surface area contributed by atoms with Crippen molar-refractivity contribution >= 4 is 19.9 Å². The summed E-state index contributed by atoms with van der Waals surface area (Å²) in [5.41, 5.74) is 0. The third kappa shape index (κ3) is 4.36. The van der Waals surface area contributed by atoms with Gasteiger partial charge in [-0.1, -0.05) is 0 Å². The van der Waals surface area contributed by atoms with Crippen LogP contribution < -0.4 is 4.72 Å². The lowest BCUT2D eigenvalue weighted by Crippen LogP contribution is -2.48. The molecule has 0 saturated carbocycles. The van der Waals surface area contributed by atoms with Gasteiger partial charge in [-0.15, -0.1) is 0 Å². The van der Waals surface area contributed by atoms with Crippen molar-refractivity contribution in [1.82, 2.24) is 9.62 Å². The maximum absolute atomic E-state index is 13.7. The zero-order valence-corrected chi connectivity index (χ0v) is 15.1. The molecule has 0 unspecified atom stereocenters. The number of nitrogens with one attached hydrogen (secondary N) is 1. The lowest BCUT2D eigenvalue weighted by Gasteiger charge is -2.35. The number of nitrogens with zero attached hydrogens (tertiary/aromatic N) is 1. The second-order valence-electron chi connectivity index (χ2n) is 6.56. The highest BCUT2D eigenvalue weighted by atomic mass is 32.2. The Balaban J connectivity index is 1.60. The molecule has 0 amide bonds. The Hall–Kier alpha value is -1.10. The minimum absolute atomic E-state index is 0.00269. The Labute approximate surface area is 146 Å². The average molecular weight is 394 g/mol. The summed E-state index contributed by atoms with van der Waals surface area (Å²) in [7, 11) is -7.03. The van der Waals surface area contributed by atoms with E-state index in [1.165, 1.54) is 0 Å². The molecule has 10 heteroatoms. The zero-order chi connectivity index (χ0) is 18.2. The Kier molecular flexibility index (Phi) is 5.16. The first-order valence-corrected chi connectivity index (χ1v) is 11.4. The van der Waals surface area contributed by atoms with Gasteiger partial charge in [0.2, 0.25) is 10.0 Å². The molecule has 2 fully saturated rings. The summed E-state index contributed by atoms with van der Waals surface area (Å²) < 4.78 is 76.8. The molecule has 0 bridgehead atoms. The Morgan fingerprint density at radius 2 is 1.80 bits per heavy atom. The summed E-state index contributed by atoms with van der Waals surface area (Å²) in [6, 6.07) is 1.99. The van der Waals surface area contributed by atoms with Crippen molar-refractivity contribution < 1.29 is 25.6 Å². The van der Waals surface area contributed by atoms with E-state index >= 15 is 0 Å². The standard InChI is InChI=1S/C15H20F2N2O4S2/c16-11-1-2-15(14(17)9-11)25(22,23)18-12-3-6-19(7-4-12)13-5-8-24(20,21)10-13/h1-2,9,12-13,18H,3-8,10H2/t13-/m0/s1. The summed E-state index contributed by atoms with van der Waals surface area (Å²) in [5, 5.41) is 0. The third-order valence-electron chi connectivity index (χ3n) is 4.76. The average Bonchev–Trinajstić information content (AvgIpc) is 2.87. The fraction of sp³-hybridized carbons (Fsp3) is 0.600. The quantitative estimate of drug-likeness (QED) is 0.820. The van der Waals surface area contributed by atoms with Crippen LogP contribution in [0.1, 0.15) is 19.3 Å². The first kappa shape index (κ1) is 18.7. The van der Waals surface area contributed by atoms with Gasteiger partial charge in [-0.25, -0.2) is 30.3 Å². The van der Waals surface area contributed by atoms with E-state index < -0.39 is 36.4 Å². The van der Waals surface area contributed by atoms with Crippen LogP contribution in [0.15, 0.2) is 23.1 Å². The minimum atomic E-state index is -4.07. The predicted molar refractivity (Wildman–Crippen MR) is 88.3 cm³/mol. The molecule has 140 valence electrons. The van der Waals surface area contributed by atoms with Crippen molar-refractivity contribution in [1.29, 1.82) is 0 Å². The van der Waals surface area contributed by atoms with E-state index in [0.29, 0.717) is 38.4 Å². The van der Waals surface area contributed by atoms with Crippen LogP contribution in [-0.2, 0) is 19.9 Å². The molecule has 3 rings (SSSR count). The maximum atomic E-state index is 13.7. The normalized spacial score (nSPS) is 25.3. The fourth-order valence-electron chi connectivity index (χ4n) is 3.42. The van der Waals surface area contributed by atoms with Gasteiger partial charge in [0, 0.05) is 18.2 Å². The first-order valence-electron chi connectivity index (χ1n) is 8.08. The molecule has 0 radical (unpaired) electrons. The Morgan fingerprint density at radius 3 is 2.36 bits per heavy atom. The molecule has 0 aromatic heterocycles. The van der Waals surface area contributed by atoms with Crippen molar-refractivity contribution in [3.8, 4) is 0 Å². The molecular weight excluding hydrogens is 374 g/mol. The summed E-state index contributed by atoms with van der Waals surface area (Å²) in [5.74, 6) is -1.60. The van der Waals surface area contributed by atoms with Crippen LogP contribution >= 0.6 is 0 Å². The van der Waals surface area contributed by atoms with Crippen molar-refractivity contribution in [2.45, 2.75) is 36.2 Å². The largest absolute Gasteiger partial charge is 0.299 e. The van der Waals surface area contributed by atoms with Crippen LogP contribution in [0.5, 0.6) is 0 Å². The number of halogens is 2. The van der Waals surface area contributed by atoms with E-state index in [1.807, 2.05) is 0 Å². The summed E-state index contributed by atoms with van der Waals surface area (Å²) >= 11 is 0. The molecule has 25 heavy (non-hydrogen) atoms. The van der Waals surface area contributed by atoms with Crippen molar-refractivity contribution in [3.63, 3.8) is 0 Å². The van der Waals surface area contributed by atoms with Crippen LogP contribution in [0.4, 0.5) is 8.78 Å². The maximum Gasteiger partial charge on any atom is 0.243 e. The van der Waals surface area contributed by atoms with Gasteiger partial charge in [0.25, 0.3) is 0 Å². The molecule has 1 atom stereocenters. The summed E-state index contributed by atoms with van der Waals surface area (Å²) in [6.45, 7) is 1.17. The predicted octanol–water partition coefficient (Wildman–Crippen LogP) is 0.895. The molecule has 6 nitrogen and oxygen atoms in total. The summed E-state index contributed by atoms with van der Waals surface area (Å²) in [6.07, 6.45) is 1.64. The number of piperidine rings is 1. The molecule has 2 saturated heterocycles. The summed E-state index contributed by atoms with van der Waals surface area (Å²) in [4.78, 5) is 1.51. The van der Waals surface area contributed by atoms with E-state index in [0.717, 1.165) is 12.1 Å². The molecule has 2 aliphatic rings. The number of sulfonamides is 1. The van der Waals surface area contributed by atoms with Crippen LogP contribution in [0.3, 0.4) is 0 Å². The number of sulfone groups is 1. The van der Waals surface area contributed by atoms with Crippen molar-refractivity contribution in [2.24, 2.45) is 0 Å². The lowest BCUT2D eigenvalue weighted by molar-refractivity contribution is 0.161. The Morgan fingerprint density at radius 1 is 1.12 bits per heavy atom. The topological polar surface area (TPSA) is 83.6 Å². The molecule has 2 heterocycles. The van der Waals surface area contributed by atoms with Gasteiger partial charge < -0.3 is 0 Å². The monoisotopic (exact) mass is 394 g/mol. The second-order valence-corrected chi connectivity index (χ2v) is 10.5. The van der Waals surface area contributed by atoms with Crippen molar-refractivity contribution in [2.75, 3.05) is 24.6 Å². The number of benzene rings is 1. The van der Waals surface area contributed by atoms with Crippen LogP contribution in [0, 0.1) is 11.6 Å². The molecular formula is C15H20F2N2O4S2.